The first kappa shape index (κ1) is 8.16. The summed E-state index contributed by atoms with van der Waals surface area (Å²) < 4.78 is 0. The minimum absolute atomic E-state index is 0.696. The van der Waals surface area contributed by atoms with Crippen LogP contribution < -0.4 is 0 Å². The van der Waals surface area contributed by atoms with Crippen molar-refractivity contribution < 1.29 is 0 Å². The van der Waals surface area contributed by atoms with Crippen LogP contribution in [0.15, 0.2) is 24.4 Å². The second kappa shape index (κ2) is 2.91. The summed E-state index contributed by atoms with van der Waals surface area (Å²) in [6.45, 7) is 2.06. The zero-order valence-electron chi connectivity index (χ0n) is 8.15. The van der Waals surface area contributed by atoms with E-state index in [4.69, 9.17) is 0 Å². The second-order valence-corrected chi connectivity index (χ2v) is 3.48. The lowest BCUT2D eigenvalue weighted by atomic mass is 10.1. The summed E-state index contributed by atoms with van der Waals surface area (Å²) in [7, 11) is 0. The van der Waals surface area contributed by atoms with Gasteiger partial charge >= 0.3 is 0 Å². The van der Waals surface area contributed by atoms with Crippen LogP contribution in [0.25, 0.3) is 22.3 Å². The Morgan fingerprint density at radius 2 is 2.20 bits per heavy atom. The Labute approximate surface area is 85.5 Å². The van der Waals surface area contributed by atoms with Crippen molar-refractivity contribution in [3.05, 3.63) is 30.0 Å². The molecule has 0 saturated carbocycles. The fourth-order valence-corrected chi connectivity index (χ4v) is 1.78. The van der Waals surface area contributed by atoms with E-state index in [1.54, 1.807) is 0 Å². The molecule has 1 aromatic carbocycles. The number of nitrogens with one attached hydrogen (secondary N) is 2. The third-order valence-corrected chi connectivity index (χ3v) is 2.48. The summed E-state index contributed by atoms with van der Waals surface area (Å²) in [5.74, 6) is 0.696. The molecule has 2 aromatic heterocycles. The van der Waals surface area contributed by atoms with E-state index >= 15 is 0 Å². The van der Waals surface area contributed by atoms with Crippen molar-refractivity contribution in [2.75, 3.05) is 0 Å². The van der Waals surface area contributed by atoms with E-state index in [-0.39, 0.29) is 0 Å². The van der Waals surface area contributed by atoms with Crippen molar-refractivity contribution in [3.63, 3.8) is 0 Å². The molecule has 15 heavy (non-hydrogen) atoms. The summed E-state index contributed by atoms with van der Waals surface area (Å²) in [5.41, 5.74) is 3.35. The van der Waals surface area contributed by atoms with E-state index in [1.807, 2.05) is 12.3 Å². The lowest BCUT2D eigenvalue weighted by Crippen LogP contribution is -1.84. The molecule has 5 heteroatoms. The molecule has 2 N–H and O–H groups in total. The van der Waals surface area contributed by atoms with Crippen LogP contribution in [0, 0.1) is 6.92 Å². The van der Waals surface area contributed by atoms with Crippen molar-refractivity contribution in [2.45, 2.75) is 6.92 Å². The van der Waals surface area contributed by atoms with Gasteiger partial charge in [0, 0.05) is 22.7 Å². The summed E-state index contributed by atoms with van der Waals surface area (Å²) in [5, 5.41) is 14.9. The SMILES string of the molecule is Cc1cc(-c2nnn[nH]2)cc2cc[nH]c12. The third-order valence-electron chi connectivity index (χ3n) is 2.48. The fraction of sp³-hybridized carbons (Fsp3) is 0.100. The molecule has 2 heterocycles. The maximum atomic E-state index is 3.89. The number of tetrazole rings is 1. The molecule has 3 aromatic rings. The first-order valence-corrected chi connectivity index (χ1v) is 4.66. The number of benzene rings is 1. The Hall–Kier alpha value is -2.17. The summed E-state index contributed by atoms with van der Waals surface area (Å²) in [4.78, 5) is 3.20. The first-order valence-electron chi connectivity index (χ1n) is 4.66. The van der Waals surface area contributed by atoms with Gasteiger partial charge in [-0.2, -0.15) is 0 Å². The Morgan fingerprint density at radius 3 is 3.00 bits per heavy atom. The third kappa shape index (κ3) is 1.20. The van der Waals surface area contributed by atoms with Gasteiger partial charge in [-0.3, -0.25) is 0 Å². The number of hydrogen-bond donors (Lipinski definition) is 2. The molecule has 0 unspecified atom stereocenters. The van der Waals surface area contributed by atoms with Gasteiger partial charge in [0.05, 0.1) is 0 Å². The lowest BCUT2D eigenvalue weighted by Gasteiger charge is -2.00. The fourth-order valence-electron chi connectivity index (χ4n) is 1.78. The number of aromatic nitrogens is 5. The average Bonchev–Trinajstić information content (AvgIpc) is 2.88. The highest BCUT2D eigenvalue weighted by Crippen LogP contribution is 2.23. The molecule has 0 radical (unpaired) electrons. The second-order valence-electron chi connectivity index (χ2n) is 3.48. The summed E-state index contributed by atoms with van der Waals surface area (Å²) in [6, 6.07) is 6.15. The van der Waals surface area contributed by atoms with Gasteiger partial charge in [-0.05, 0) is 41.1 Å². The molecule has 0 amide bonds. The molecule has 0 aliphatic heterocycles. The van der Waals surface area contributed by atoms with Crippen LogP contribution >= 0.6 is 0 Å². The number of aromatic amines is 2. The quantitative estimate of drug-likeness (QED) is 0.626. The highest BCUT2D eigenvalue weighted by atomic mass is 15.5. The normalized spacial score (nSPS) is 11.0. The van der Waals surface area contributed by atoms with Gasteiger partial charge in [0.25, 0.3) is 0 Å². The standard InChI is InChI=1S/C10H9N5/c1-6-4-8(10-12-14-15-13-10)5-7-2-3-11-9(6)7/h2-5,11H,1H3,(H,12,13,14,15). The van der Waals surface area contributed by atoms with Gasteiger partial charge < -0.3 is 4.98 Å². The Bertz CT molecular complexity index is 593. The zero-order valence-corrected chi connectivity index (χ0v) is 8.15. The number of H-pyrrole nitrogens is 2. The van der Waals surface area contributed by atoms with E-state index in [9.17, 15) is 0 Å². The molecular weight excluding hydrogens is 190 g/mol. The van der Waals surface area contributed by atoms with Gasteiger partial charge in [0.2, 0.25) is 0 Å². The van der Waals surface area contributed by atoms with Gasteiger partial charge in [-0.15, -0.1) is 5.10 Å². The monoisotopic (exact) mass is 199 g/mol. The molecule has 0 atom stereocenters. The minimum atomic E-state index is 0.696. The Balaban J connectivity index is 2.29. The van der Waals surface area contributed by atoms with E-state index in [0.29, 0.717) is 5.82 Å². The van der Waals surface area contributed by atoms with Crippen LogP contribution in [0.2, 0.25) is 0 Å². The average molecular weight is 199 g/mol. The molecule has 74 valence electrons. The Morgan fingerprint density at radius 1 is 1.27 bits per heavy atom. The molecule has 3 rings (SSSR count). The van der Waals surface area contributed by atoms with Crippen LogP contribution in [0.1, 0.15) is 5.56 Å². The van der Waals surface area contributed by atoms with Gasteiger partial charge in [0.1, 0.15) is 0 Å². The highest BCUT2D eigenvalue weighted by Gasteiger charge is 2.06. The van der Waals surface area contributed by atoms with Crippen LogP contribution in [0.3, 0.4) is 0 Å². The minimum Gasteiger partial charge on any atom is -0.361 e. The number of nitrogens with zero attached hydrogens (tertiary/aromatic N) is 3. The molecule has 0 saturated heterocycles. The van der Waals surface area contributed by atoms with Crippen LogP contribution in [0.5, 0.6) is 0 Å². The summed E-state index contributed by atoms with van der Waals surface area (Å²) >= 11 is 0. The maximum absolute atomic E-state index is 3.89. The first-order chi connectivity index (χ1) is 7.34. The van der Waals surface area contributed by atoms with Crippen molar-refractivity contribution in [1.29, 1.82) is 0 Å². The van der Waals surface area contributed by atoms with Crippen LogP contribution in [-0.4, -0.2) is 25.6 Å². The molecular formula is C10H9N5. The van der Waals surface area contributed by atoms with Crippen molar-refractivity contribution in [1.82, 2.24) is 25.6 Å². The number of fused-ring (bicyclic) bond motifs is 1. The zero-order chi connectivity index (χ0) is 10.3. The van der Waals surface area contributed by atoms with Crippen molar-refractivity contribution >= 4 is 10.9 Å². The topological polar surface area (TPSA) is 70.2 Å². The molecule has 0 spiro atoms. The predicted octanol–water partition coefficient (Wildman–Crippen LogP) is 1.66. The largest absolute Gasteiger partial charge is 0.361 e. The number of hydrogen-bond acceptors (Lipinski definition) is 3. The van der Waals surface area contributed by atoms with Gasteiger partial charge in [-0.1, -0.05) is 0 Å². The van der Waals surface area contributed by atoms with Crippen LogP contribution in [0.4, 0.5) is 0 Å². The molecule has 0 aliphatic rings. The van der Waals surface area contributed by atoms with Crippen molar-refractivity contribution in [2.24, 2.45) is 0 Å². The molecule has 0 fully saturated rings. The highest BCUT2D eigenvalue weighted by molar-refractivity contribution is 5.86. The van der Waals surface area contributed by atoms with E-state index < -0.39 is 0 Å². The predicted molar refractivity (Wildman–Crippen MR) is 56.2 cm³/mol. The maximum Gasteiger partial charge on any atom is 0.179 e. The van der Waals surface area contributed by atoms with E-state index in [1.165, 1.54) is 10.9 Å². The molecule has 5 nitrogen and oxygen atoms in total. The van der Waals surface area contributed by atoms with Gasteiger partial charge in [-0.25, -0.2) is 5.10 Å². The molecule has 0 aliphatic carbocycles. The van der Waals surface area contributed by atoms with Gasteiger partial charge in [0.15, 0.2) is 5.82 Å². The number of aryl methyl sites for hydroxylation is 1. The smallest absolute Gasteiger partial charge is 0.179 e. The summed E-state index contributed by atoms with van der Waals surface area (Å²) in [6.07, 6.45) is 1.93. The van der Waals surface area contributed by atoms with E-state index in [0.717, 1.165) is 11.1 Å². The van der Waals surface area contributed by atoms with Crippen molar-refractivity contribution in [3.8, 4) is 11.4 Å². The lowest BCUT2D eigenvalue weighted by molar-refractivity contribution is 0.881. The van der Waals surface area contributed by atoms with Crippen LogP contribution in [-0.2, 0) is 0 Å². The van der Waals surface area contributed by atoms with E-state index in [2.05, 4.69) is 44.7 Å². The Kier molecular flexibility index (Phi) is 1.58. The number of rotatable bonds is 1. The molecule has 0 bridgehead atoms.